The highest BCUT2D eigenvalue weighted by Crippen LogP contribution is 2.22. The summed E-state index contributed by atoms with van der Waals surface area (Å²) in [4.78, 5) is 37.0. The number of aromatic nitrogens is 2. The number of aliphatic hydroxyl groups is 1. The van der Waals surface area contributed by atoms with E-state index < -0.39 is 12.1 Å². The first-order chi connectivity index (χ1) is 22.2. The molecule has 0 saturated carbocycles. The van der Waals surface area contributed by atoms with Gasteiger partial charge in [-0.1, -0.05) is 49.4 Å². The van der Waals surface area contributed by atoms with Gasteiger partial charge in [0.25, 0.3) is 11.8 Å². The van der Waals surface area contributed by atoms with Crippen molar-refractivity contribution in [2.45, 2.75) is 57.7 Å². The van der Waals surface area contributed by atoms with Gasteiger partial charge in [-0.3, -0.25) is 14.6 Å². The minimum Gasteiger partial charge on any atom is -0.390 e. The smallest absolute Gasteiger partial charge is 0.253 e. The summed E-state index contributed by atoms with van der Waals surface area (Å²) in [6.07, 6.45) is 2.71. The molecule has 2 aromatic carbocycles. The number of pyridine rings is 1. The van der Waals surface area contributed by atoms with Crippen LogP contribution in [0.3, 0.4) is 0 Å². The van der Waals surface area contributed by atoms with Gasteiger partial charge in [-0.05, 0) is 48.2 Å². The van der Waals surface area contributed by atoms with Gasteiger partial charge in [-0.15, -0.1) is 11.3 Å². The third-order valence-electron chi connectivity index (χ3n) is 7.73. The zero-order valence-electron chi connectivity index (χ0n) is 27.0. The summed E-state index contributed by atoms with van der Waals surface area (Å²) >= 11 is 1.51. The highest BCUT2D eigenvalue weighted by Gasteiger charge is 2.24. The lowest BCUT2D eigenvalue weighted by molar-refractivity contribution is -0.115. The Balaban J connectivity index is 1.41. The first-order valence-electron chi connectivity index (χ1n) is 15.2. The predicted octanol–water partition coefficient (Wildman–Crippen LogP) is 4.33. The van der Waals surface area contributed by atoms with Gasteiger partial charge in [0.1, 0.15) is 5.01 Å². The van der Waals surface area contributed by atoms with Crippen LogP contribution in [0.4, 0.5) is 0 Å². The lowest BCUT2D eigenvalue weighted by atomic mass is 9.99. The largest absolute Gasteiger partial charge is 0.390 e. The van der Waals surface area contributed by atoms with E-state index in [4.69, 9.17) is 9.47 Å². The summed E-state index contributed by atoms with van der Waals surface area (Å²) in [5, 5.41) is 20.4. The fourth-order valence-electron chi connectivity index (χ4n) is 5.19. The van der Waals surface area contributed by atoms with Crippen LogP contribution in [0, 0.1) is 6.92 Å². The minimum atomic E-state index is -0.900. The lowest BCUT2D eigenvalue weighted by Gasteiger charge is -2.25. The lowest BCUT2D eigenvalue weighted by Crippen LogP contribution is -2.48. The Kier molecular flexibility index (Phi) is 12.9. The predicted molar refractivity (Wildman–Crippen MR) is 179 cm³/mol. The summed E-state index contributed by atoms with van der Waals surface area (Å²) in [5.41, 5.74) is 4.56. The number of carbonyl (C=O) groups excluding carboxylic acids is 2. The van der Waals surface area contributed by atoms with Gasteiger partial charge in [0.15, 0.2) is 6.29 Å². The van der Waals surface area contributed by atoms with E-state index in [0.29, 0.717) is 30.6 Å². The van der Waals surface area contributed by atoms with E-state index in [9.17, 15) is 14.7 Å². The molecule has 10 nitrogen and oxygen atoms in total. The fourth-order valence-corrected chi connectivity index (χ4v) is 6.01. The molecule has 46 heavy (non-hydrogen) atoms. The van der Waals surface area contributed by atoms with Crippen molar-refractivity contribution in [2.75, 3.05) is 27.8 Å². The molecule has 3 N–H and O–H groups in total. The second-order valence-electron chi connectivity index (χ2n) is 11.3. The first kappa shape index (κ1) is 34.9. The van der Waals surface area contributed by atoms with Crippen LogP contribution < -0.4 is 10.6 Å². The summed E-state index contributed by atoms with van der Waals surface area (Å²) in [6.45, 7) is 5.02. The Labute approximate surface area is 274 Å². The molecule has 11 heteroatoms. The molecule has 0 saturated heterocycles. The molecule has 0 fully saturated rings. The van der Waals surface area contributed by atoms with Gasteiger partial charge in [-0.25, -0.2) is 4.98 Å². The molecule has 2 heterocycles. The van der Waals surface area contributed by atoms with E-state index in [2.05, 4.69) is 20.6 Å². The van der Waals surface area contributed by atoms with Gasteiger partial charge in [0.05, 0.1) is 18.7 Å². The van der Waals surface area contributed by atoms with Crippen LogP contribution in [0.1, 0.15) is 60.9 Å². The second kappa shape index (κ2) is 17.1. The summed E-state index contributed by atoms with van der Waals surface area (Å²) in [7, 11) is 4.93. The number of nitrogens with zero attached hydrogens (tertiary/aromatic N) is 3. The van der Waals surface area contributed by atoms with Gasteiger partial charge in [0, 0.05) is 74.9 Å². The summed E-state index contributed by atoms with van der Waals surface area (Å²) < 4.78 is 10.8. The highest BCUT2D eigenvalue weighted by atomic mass is 32.1. The molecular weight excluding hydrogens is 602 g/mol. The number of carbonyl (C=O) groups is 2. The molecule has 0 radical (unpaired) electrons. The number of aryl methyl sites for hydroxylation is 1. The van der Waals surface area contributed by atoms with Crippen molar-refractivity contribution in [3.8, 4) is 0 Å². The Bertz CT molecular complexity index is 1560. The number of amides is 2. The maximum absolute atomic E-state index is 13.5. The van der Waals surface area contributed by atoms with Gasteiger partial charge in [-0.2, -0.15) is 0 Å². The molecule has 0 aliphatic heterocycles. The molecule has 2 aromatic heterocycles. The maximum atomic E-state index is 13.5. The number of aliphatic hydroxyl groups excluding tert-OH is 1. The average molecular weight is 646 g/mol. The Morgan fingerprint density at radius 3 is 2.43 bits per heavy atom. The first-order valence-corrected chi connectivity index (χ1v) is 16.1. The quantitative estimate of drug-likeness (QED) is 0.154. The average Bonchev–Trinajstić information content (AvgIpc) is 3.49. The monoisotopic (exact) mass is 645 g/mol. The van der Waals surface area contributed by atoms with Crippen molar-refractivity contribution in [2.24, 2.45) is 0 Å². The Morgan fingerprint density at radius 2 is 1.74 bits per heavy atom. The Morgan fingerprint density at radius 1 is 1.00 bits per heavy atom. The van der Waals surface area contributed by atoms with E-state index in [1.165, 1.54) is 11.3 Å². The van der Waals surface area contributed by atoms with Crippen LogP contribution >= 0.6 is 11.3 Å². The second-order valence-corrected chi connectivity index (χ2v) is 12.3. The Hall–Kier alpha value is -4.00. The van der Waals surface area contributed by atoms with Crippen LogP contribution in [-0.2, 0) is 29.0 Å². The molecule has 4 aromatic rings. The molecule has 0 spiro atoms. The fraction of sp³-hybridized carbons (Fsp3) is 0.371. The zero-order chi connectivity index (χ0) is 33.1. The van der Waals surface area contributed by atoms with Crippen LogP contribution in [-0.4, -0.2) is 78.0 Å². The number of methoxy groups -OCH3 is 2. The topological polar surface area (TPSA) is 126 Å². The minimum absolute atomic E-state index is 0.0185. The molecule has 244 valence electrons. The van der Waals surface area contributed by atoms with Crippen LogP contribution in [0.25, 0.3) is 0 Å². The number of thiazole rings is 1. The number of hydrogen-bond donors (Lipinski definition) is 3. The highest BCUT2D eigenvalue weighted by molar-refractivity contribution is 7.09. The van der Waals surface area contributed by atoms with Gasteiger partial charge < -0.3 is 30.1 Å². The maximum Gasteiger partial charge on any atom is 0.253 e. The molecule has 4 rings (SSSR count). The number of rotatable bonds is 16. The third kappa shape index (κ3) is 9.75. The van der Waals surface area contributed by atoms with Crippen LogP contribution in [0.5, 0.6) is 0 Å². The van der Waals surface area contributed by atoms with Gasteiger partial charge in [0.2, 0.25) is 0 Å². The van der Waals surface area contributed by atoms with Crippen LogP contribution in [0.2, 0.25) is 0 Å². The van der Waals surface area contributed by atoms with Crippen molar-refractivity contribution in [1.29, 1.82) is 0 Å². The van der Waals surface area contributed by atoms with E-state index in [-0.39, 0.29) is 30.6 Å². The normalized spacial score (nSPS) is 13.3. The molecule has 1 unspecified atom stereocenters. The molecule has 0 bridgehead atoms. The van der Waals surface area contributed by atoms with Crippen LogP contribution in [0.15, 0.2) is 78.4 Å². The number of ether oxygens (including phenoxy) is 2. The van der Waals surface area contributed by atoms with Crippen molar-refractivity contribution < 1.29 is 24.2 Å². The van der Waals surface area contributed by atoms with Crippen molar-refractivity contribution in [3.05, 3.63) is 117 Å². The molecule has 0 aliphatic carbocycles. The van der Waals surface area contributed by atoms with Crippen molar-refractivity contribution >= 4 is 23.2 Å². The number of nitrogens with one attached hydrogen (secondary N) is 2. The SMILES string of the molecule is COC(OC)C(C)c1cncc(CNC[C@@H](O)[C@H](Cc2ccccc2)NC(=O)c2cccc(C(=O)N(C)Cc3nc(C)cs3)c2)c1. The third-order valence-corrected chi connectivity index (χ3v) is 8.69. The van der Waals surface area contributed by atoms with E-state index in [1.807, 2.05) is 55.6 Å². The molecule has 2 amide bonds. The number of benzene rings is 2. The zero-order valence-corrected chi connectivity index (χ0v) is 27.8. The molecule has 0 aliphatic rings. The van der Waals surface area contributed by atoms with Gasteiger partial charge >= 0.3 is 0 Å². The number of hydrogen-bond acceptors (Lipinski definition) is 9. The standard InChI is InChI=1S/C35H43N5O5S/c1-23-22-46-32(38-23)21-40(3)34(43)28-13-9-12-27(16-28)33(42)39-30(15-25-10-7-6-8-11-25)31(41)20-37-18-26-14-29(19-36-17-26)24(2)35(44-4)45-5/h6-14,16-17,19,22,24,30-31,35,37,41H,15,18,20-21H2,1-5H3,(H,39,42)/t24?,30-,31+/m0/s1. The van der Waals surface area contributed by atoms with E-state index in [0.717, 1.165) is 27.4 Å². The van der Waals surface area contributed by atoms with E-state index in [1.54, 1.807) is 62.8 Å². The molecule has 3 atom stereocenters. The van der Waals surface area contributed by atoms with E-state index >= 15 is 0 Å². The summed E-state index contributed by atoms with van der Waals surface area (Å²) in [5.74, 6) is -0.597. The summed E-state index contributed by atoms with van der Waals surface area (Å²) in [6, 6.07) is 17.8. The van der Waals surface area contributed by atoms with Crippen molar-refractivity contribution in [3.63, 3.8) is 0 Å². The molecular formula is C35H43N5O5S. The van der Waals surface area contributed by atoms with Crippen molar-refractivity contribution in [1.82, 2.24) is 25.5 Å².